The van der Waals surface area contributed by atoms with Crippen LogP contribution in [0.1, 0.15) is 58.2 Å². The largest absolute Gasteiger partial charge is 0.478 e. The van der Waals surface area contributed by atoms with Gasteiger partial charge in [-0.2, -0.15) is 0 Å². The predicted octanol–water partition coefficient (Wildman–Crippen LogP) is 3.42. The van der Waals surface area contributed by atoms with Crippen LogP contribution in [0.3, 0.4) is 0 Å². The molecule has 1 aliphatic rings. The Morgan fingerprint density at radius 3 is 2.63 bits per heavy atom. The molecule has 3 heteroatoms. The van der Waals surface area contributed by atoms with E-state index in [1.54, 1.807) is 0 Å². The summed E-state index contributed by atoms with van der Waals surface area (Å²) >= 11 is 0. The van der Waals surface area contributed by atoms with Crippen molar-refractivity contribution in [2.24, 2.45) is 0 Å². The molecule has 2 rings (SSSR count). The van der Waals surface area contributed by atoms with E-state index in [1.165, 1.54) is 18.4 Å². The first-order valence-corrected chi connectivity index (χ1v) is 7.36. The van der Waals surface area contributed by atoms with E-state index < -0.39 is 0 Å². The van der Waals surface area contributed by atoms with Crippen LogP contribution >= 0.6 is 0 Å². The van der Waals surface area contributed by atoms with Crippen LogP contribution in [0.2, 0.25) is 0 Å². The van der Waals surface area contributed by atoms with E-state index in [1.807, 2.05) is 0 Å². The molecule has 1 heterocycles. The average molecular weight is 262 g/mol. The van der Waals surface area contributed by atoms with E-state index in [0.717, 1.165) is 37.2 Å². The van der Waals surface area contributed by atoms with Crippen molar-refractivity contribution in [2.45, 2.75) is 65.0 Å². The van der Waals surface area contributed by atoms with Gasteiger partial charge in [0.2, 0.25) is 5.88 Å². The summed E-state index contributed by atoms with van der Waals surface area (Å²) in [7, 11) is 0. The number of nitrogens with one attached hydrogen (secondary N) is 1. The minimum Gasteiger partial charge on any atom is -0.478 e. The Morgan fingerprint density at radius 2 is 2.05 bits per heavy atom. The van der Waals surface area contributed by atoms with E-state index >= 15 is 0 Å². The topological polar surface area (TPSA) is 34.1 Å². The van der Waals surface area contributed by atoms with Gasteiger partial charge in [-0.15, -0.1) is 0 Å². The molecule has 1 fully saturated rings. The molecule has 1 aromatic heterocycles. The molecule has 0 unspecified atom stereocenters. The second-order valence-corrected chi connectivity index (χ2v) is 6.45. The summed E-state index contributed by atoms with van der Waals surface area (Å²) in [5, 5.41) is 3.55. The average Bonchev–Trinajstić information content (AvgIpc) is 3.16. The fourth-order valence-electron chi connectivity index (χ4n) is 1.88. The molecule has 0 atom stereocenters. The number of hydrogen-bond acceptors (Lipinski definition) is 3. The Bertz CT molecular complexity index is 419. The van der Waals surface area contributed by atoms with E-state index in [2.05, 4.69) is 50.1 Å². The molecule has 0 radical (unpaired) electrons. The second kappa shape index (κ2) is 5.91. The maximum atomic E-state index is 5.72. The Kier molecular flexibility index (Phi) is 4.46. The fraction of sp³-hybridized carbons (Fsp3) is 0.688. The summed E-state index contributed by atoms with van der Waals surface area (Å²) in [4.78, 5) is 4.63. The zero-order chi connectivity index (χ0) is 13.9. The molecular formula is C16H26N2O. The Morgan fingerprint density at radius 1 is 1.32 bits per heavy atom. The van der Waals surface area contributed by atoms with Crippen molar-refractivity contribution in [3.63, 3.8) is 0 Å². The highest BCUT2D eigenvalue weighted by Crippen LogP contribution is 2.25. The smallest absolute Gasteiger partial charge is 0.213 e. The number of rotatable bonds is 6. The number of aromatic nitrogens is 1. The third-order valence-electron chi connectivity index (χ3n) is 3.26. The SMILES string of the molecule is CCCOc1cc(CNC2CC2)cc(C(C)(C)C)n1. The van der Waals surface area contributed by atoms with Gasteiger partial charge in [0.15, 0.2) is 0 Å². The van der Waals surface area contributed by atoms with Crippen LogP contribution in [0.15, 0.2) is 12.1 Å². The first-order chi connectivity index (χ1) is 8.99. The predicted molar refractivity (Wildman–Crippen MR) is 78.6 cm³/mol. The standard InChI is InChI=1S/C16H26N2O/c1-5-8-19-15-10-12(11-17-13-6-7-13)9-14(18-15)16(2,3)4/h9-10,13,17H,5-8,11H2,1-4H3. The highest BCUT2D eigenvalue weighted by molar-refractivity contribution is 5.28. The normalized spacial score (nSPS) is 15.6. The van der Waals surface area contributed by atoms with Crippen LogP contribution < -0.4 is 10.1 Å². The summed E-state index contributed by atoms with van der Waals surface area (Å²) in [6.45, 7) is 10.3. The Balaban J connectivity index is 2.14. The van der Waals surface area contributed by atoms with Gasteiger partial charge in [0, 0.05) is 24.1 Å². The molecule has 1 aromatic rings. The van der Waals surface area contributed by atoms with E-state index in [0.29, 0.717) is 0 Å². The van der Waals surface area contributed by atoms with Gasteiger partial charge in [-0.3, -0.25) is 0 Å². The van der Waals surface area contributed by atoms with Gasteiger partial charge in [0.05, 0.1) is 12.3 Å². The van der Waals surface area contributed by atoms with Crippen LogP contribution in [-0.2, 0) is 12.0 Å². The molecule has 19 heavy (non-hydrogen) atoms. The summed E-state index contributed by atoms with van der Waals surface area (Å²) < 4.78 is 5.72. The number of pyridine rings is 1. The lowest BCUT2D eigenvalue weighted by Gasteiger charge is -2.20. The first kappa shape index (κ1) is 14.3. The van der Waals surface area contributed by atoms with Gasteiger partial charge in [-0.1, -0.05) is 27.7 Å². The van der Waals surface area contributed by atoms with Crippen molar-refractivity contribution < 1.29 is 4.74 Å². The Labute approximate surface area is 116 Å². The van der Waals surface area contributed by atoms with Crippen LogP contribution in [0.25, 0.3) is 0 Å². The molecule has 0 aliphatic heterocycles. The number of ether oxygens (including phenoxy) is 1. The maximum Gasteiger partial charge on any atom is 0.213 e. The van der Waals surface area contributed by atoms with Gasteiger partial charge in [0.25, 0.3) is 0 Å². The number of nitrogens with zero attached hydrogens (tertiary/aromatic N) is 1. The number of hydrogen-bond donors (Lipinski definition) is 1. The van der Waals surface area contributed by atoms with Crippen molar-refractivity contribution in [3.05, 3.63) is 23.4 Å². The lowest BCUT2D eigenvalue weighted by Crippen LogP contribution is -2.18. The molecule has 1 N–H and O–H groups in total. The molecule has 1 aliphatic carbocycles. The maximum absolute atomic E-state index is 5.72. The van der Waals surface area contributed by atoms with Gasteiger partial charge in [-0.25, -0.2) is 4.98 Å². The zero-order valence-corrected chi connectivity index (χ0v) is 12.6. The highest BCUT2D eigenvalue weighted by atomic mass is 16.5. The molecular weight excluding hydrogens is 236 g/mol. The lowest BCUT2D eigenvalue weighted by molar-refractivity contribution is 0.302. The molecule has 106 valence electrons. The summed E-state index contributed by atoms with van der Waals surface area (Å²) in [6.07, 6.45) is 3.64. The third-order valence-corrected chi connectivity index (χ3v) is 3.26. The van der Waals surface area contributed by atoms with Crippen molar-refractivity contribution >= 4 is 0 Å². The second-order valence-electron chi connectivity index (χ2n) is 6.45. The summed E-state index contributed by atoms with van der Waals surface area (Å²) in [5.74, 6) is 0.766. The fourth-order valence-corrected chi connectivity index (χ4v) is 1.88. The minimum absolute atomic E-state index is 0.0555. The van der Waals surface area contributed by atoms with E-state index in [9.17, 15) is 0 Å². The lowest BCUT2D eigenvalue weighted by atomic mass is 9.91. The van der Waals surface area contributed by atoms with Gasteiger partial charge >= 0.3 is 0 Å². The van der Waals surface area contributed by atoms with Crippen LogP contribution in [-0.4, -0.2) is 17.6 Å². The van der Waals surface area contributed by atoms with Crippen molar-refractivity contribution in [3.8, 4) is 5.88 Å². The molecule has 0 aromatic carbocycles. The van der Waals surface area contributed by atoms with E-state index in [-0.39, 0.29) is 5.41 Å². The summed E-state index contributed by atoms with van der Waals surface area (Å²) in [5.41, 5.74) is 2.44. The molecule has 0 spiro atoms. The van der Waals surface area contributed by atoms with Gasteiger partial charge in [0.1, 0.15) is 0 Å². The van der Waals surface area contributed by atoms with Crippen LogP contribution in [0.5, 0.6) is 5.88 Å². The van der Waals surface area contributed by atoms with E-state index in [4.69, 9.17) is 4.74 Å². The van der Waals surface area contributed by atoms with Crippen LogP contribution in [0.4, 0.5) is 0 Å². The third kappa shape index (κ3) is 4.50. The Hall–Kier alpha value is -1.09. The molecule has 0 amide bonds. The van der Waals surface area contributed by atoms with Crippen molar-refractivity contribution in [1.29, 1.82) is 0 Å². The van der Waals surface area contributed by atoms with Gasteiger partial charge < -0.3 is 10.1 Å². The minimum atomic E-state index is 0.0555. The van der Waals surface area contributed by atoms with Crippen molar-refractivity contribution in [2.75, 3.05) is 6.61 Å². The van der Waals surface area contributed by atoms with Gasteiger partial charge in [-0.05, 0) is 30.9 Å². The zero-order valence-electron chi connectivity index (χ0n) is 12.6. The monoisotopic (exact) mass is 262 g/mol. The van der Waals surface area contributed by atoms with Crippen molar-refractivity contribution in [1.82, 2.24) is 10.3 Å². The molecule has 3 nitrogen and oxygen atoms in total. The summed E-state index contributed by atoms with van der Waals surface area (Å²) in [6, 6.07) is 5.00. The molecule has 0 saturated heterocycles. The highest BCUT2D eigenvalue weighted by Gasteiger charge is 2.21. The molecule has 0 bridgehead atoms. The van der Waals surface area contributed by atoms with Crippen LogP contribution in [0, 0.1) is 0 Å². The first-order valence-electron chi connectivity index (χ1n) is 7.36. The molecule has 1 saturated carbocycles. The quantitative estimate of drug-likeness (QED) is 0.853.